The molecular weight excluding hydrogens is 601 g/mol. The van der Waals surface area contributed by atoms with Crippen molar-refractivity contribution in [3.63, 3.8) is 0 Å². The van der Waals surface area contributed by atoms with Crippen LogP contribution in [0.4, 0.5) is 28.4 Å². The summed E-state index contributed by atoms with van der Waals surface area (Å²) in [5, 5.41) is 0. The Kier molecular flexibility index (Phi) is 7.38. The minimum Gasteiger partial charge on any atom is -0.453 e. The number of aliphatic imine (C=N–C) groups is 1. The van der Waals surface area contributed by atoms with Gasteiger partial charge in [0.1, 0.15) is 0 Å². The largest absolute Gasteiger partial charge is 0.453 e. The van der Waals surface area contributed by atoms with Crippen molar-refractivity contribution in [1.29, 1.82) is 0 Å². The lowest BCUT2D eigenvalue weighted by Crippen LogP contribution is -2.40. The summed E-state index contributed by atoms with van der Waals surface area (Å²) < 4.78 is 6.66. The molecule has 0 atom stereocenters. The lowest BCUT2D eigenvalue weighted by atomic mass is 9.73. The average Bonchev–Trinajstić information content (AvgIpc) is 3.14. The molecule has 0 bridgehead atoms. The van der Waals surface area contributed by atoms with Crippen molar-refractivity contribution in [2.24, 2.45) is 10.7 Å². The first kappa shape index (κ1) is 30.0. The van der Waals surface area contributed by atoms with E-state index in [1.54, 1.807) is 0 Å². The third-order valence-corrected chi connectivity index (χ3v) is 9.38. The van der Waals surface area contributed by atoms with E-state index in [-0.39, 0.29) is 5.41 Å². The quantitative estimate of drug-likeness (QED) is 0.116. The van der Waals surface area contributed by atoms with Crippen molar-refractivity contribution in [2.45, 2.75) is 19.3 Å². The van der Waals surface area contributed by atoms with Gasteiger partial charge in [0, 0.05) is 22.7 Å². The van der Waals surface area contributed by atoms with E-state index < -0.39 is 0 Å². The maximum Gasteiger partial charge on any atom is 0.205 e. The topological polar surface area (TPSA) is 54.1 Å². The molecule has 0 unspecified atom stereocenters. The van der Waals surface area contributed by atoms with Crippen LogP contribution in [0.5, 0.6) is 11.5 Å². The lowest BCUT2D eigenvalue weighted by molar-refractivity contribution is 0.476. The Morgan fingerprint density at radius 2 is 1.22 bits per heavy atom. The van der Waals surface area contributed by atoms with Crippen molar-refractivity contribution in [3.8, 4) is 11.5 Å². The summed E-state index contributed by atoms with van der Waals surface area (Å²) in [6, 6.07) is 51.6. The number of hydrogen-bond acceptors (Lipinski definition) is 3. The number of ether oxygens (including phenoxy) is 1. The van der Waals surface area contributed by atoms with Crippen LogP contribution in [-0.4, -0.2) is 5.96 Å². The van der Waals surface area contributed by atoms with Crippen LogP contribution >= 0.6 is 0 Å². The molecule has 0 aromatic heterocycles. The Balaban J connectivity index is 1.33. The summed E-state index contributed by atoms with van der Waals surface area (Å²) in [7, 11) is 0. The zero-order valence-electron chi connectivity index (χ0n) is 27.5. The average molecular weight is 637 g/mol. The second-order valence-electron chi connectivity index (χ2n) is 12.8. The number of hydrogen-bond donors (Lipinski definition) is 1. The van der Waals surface area contributed by atoms with E-state index >= 15 is 0 Å². The Labute approximate surface area is 287 Å². The van der Waals surface area contributed by atoms with Crippen LogP contribution in [0.1, 0.15) is 36.1 Å². The number of para-hydroxylation sites is 4. The smallest absolute Gasteiger partial charge is 0.205 e. The van der Waals surface area contributed by atoms with Gasteiger partial charge in [-0.15, -0.1) is 0 Å². The van der Waals surface area contributed by atoms with Crippen LogP contribution in [0, 0.1) is 0 Å². The number of rotatable bonds is 5. The zero-order valence-corrected chi connectivity index (χ0v) is 27.5. The normalized spacial score (nSPS) is 14.6. The molecule has 6 aromatic rings. The van der Waals surface area contributed by atoms with Gasteiger partial charge in [0.25, 0.3) is 0 Å². The summed E-state index contributed by atoms with van der Waals surface area (Å²) in [4.78, 5) is 9.50. The van der Waals surface area contributed by atoms with Crippen molar-refractivity contribution in [2.75, 3.05) is 9.80 Å². The van der Waals surface area contributed by atoms with Gasteiger partial charge in [0.2, 0.25) is 5.96 Å². The van der Waals surface area contributed by atoms with Crippen LogP contribution in [0.25, 0.3) is 11.3 Å². The van der Waals surface area contributed by atoms with Gasteiger partial charge in [-0.25, -0.2) is 4.99 Å². The van der Waals surface area contributed by atoms with Crippen molar-refractivity contribution in [3.05, 3.63) is 187 Å². The minimum absolute atomic E-state index is 0.344. The Morgan fingerprint density at radius 1 is 0.633 bits per heavy atom. The highest BCUT2D eigenvalue weighted by molar-refractivity contribution is 6.08. The molecule has 2 aliphatic rings. The van der Waals surface area contributed by atoms with E-state index in [4.69, 9.17) is 15.5 Å². The second kappa shape index (κ2) is 12.0. The first-order chi connectivity index (χ1) is 23.9. The third kappa shape index (κ3) is 5.26. The highest BCUT2D eigenvalue weighted by Crippen LogP contribution is 2.57. The number of benzene rings is 6. The molecule has 2 heterocycles. The molecule has 0 aliphatic carbocycles. The third-order valence-electron chi connectivity index (χ3n) is 9.38. The predicted molar refractivity (Wildman–Crippen MR) is 203 cm³/mol. The highest BCUT2D eigenvalue weighted by atomic mass is 16.5. The molecule has 0 fully saturated rings. The summed E-state index contributed by atoms with van der Waals surface area (Å²) in [5.74, 6) is 1.87. The molecule has 2 aliphatic heterocycles. The number of nitrogens with zero attached hydrogens (tertiary/aromatic N) is 3. The summed E-state index contributed by atoms with van der Waals surface area (Å²) in [6.07, 6.45) is 2.00. The first-order valence-corrected chi connectivity index (χ1v) is 16.5. The molecule has 6 aromatic carbocycles. The lowest BCUT2D eigenvalue weighted by Gasteiger charge is -2.43. The fourth-order valence-electron chi connectivity index (χ4n) is 6.91. The number of nitrogens with two attached hydrogens (primary N) is 1. The molecule has 238 valence electrons. The van der Waals surface area contributed by atoms with Gasteiger partial charge in [-0.05, 0) is 64.7 Å². The van der Waals surface area contributed by atoms with Crippen LogP contribution < -0.4 is 20.3 Å². The standard InChI is InChI=1S/C44H36N4O/c1-30(31-17-7-4-8-18-31)27-36(32-19-9-5-10-20-32)46-43(45)48-37-24-14-13-23-34(37)44(2,3)35-28-40-42(29-39(35)48)49-41-26-16-15-25-38(41)47(40)33-21-11-6-12-22-33/h4-29H,1H2,2-3H3,(H2,45,46)/b36-27-. The molecular formula is C44H36N4O. The van der Waals surface area contributed by atoms with E-state index in [1.165, 1.54) is 0 Å². The van der Waals surface area contributed by atoms with Crippen molar-refractivity contribution < 1.29 is 4.74 Å². The number of fused-ring (bicyclic) bond motifs is 4. The van der Waals surface area contributed by atoms with Gasteiger partial charge in [0.15, 0.2) is 11.5 Å². The van der Waals surface area contributed by atoms with Crippen LogP contribution in [-0.2, 0) is 5.41 Å². The van der Waals surface area contributed by atoms with Gasteiger partial charge >= 0.3 is 0 Å². The van der Waals surface area contributed by atoms with Crippen molar-refractivity contribution in [1.82, 2.24) is 0 Å². The van der Waals surface area contributed by atoms with E-state index in [0.717, 1.165) is 67.8 Å². The van der Waals surface area contributed by atoms with Gasteiger partial charge in [-0.1, -0.05) is 130 Å². The van der Waals surface area contributed by atoms with Gasteiger partial charge < -0.3 is 15.4 Å². The molecule has 0 saturated heterocycles. The van der Waals surface area contributed by atoms with Gasteiger partial charge in [-0.2, -0.15) is 0 Å². The highest BCUT2D eigenvalue weighted by Gasteiger charge is 2.40. The Hall–Kier alpha value is -6.33. The van der Waals surface area contributed by atoms with E-state index in [2.05, 4.69) is 90.9 Å². The zero-order chi connectivity index (χ0) is 33.5. The van der Waals surface area contributed by atoms with Gasteiger partial charge in [-0.3, -0.25) is 4.90 Å². The maximum absolute atomic E-state index is 7.14. The maximum atomic E-state index is 7.14. The molecule has 0 spiro atoms. The van der Waals surface area contributed by atoms with E-state index in [1.807, 2.05) is 97.1 Å². The molecule has 0 radical (unpaired) electrons. The molecule has 0 amide bonds. The van der Waals surface area contributed by atoms with E-state index in [9.17, 15) is 0 Å². The molecule has 2 N–H and O–H groups in total. The second-order valence-corrected chi connectivity index (χ2v) is 12.8. The monoisotopic (exact) mass is 636 g/mol. The molecule has 8 rings (SSSR count). The fraction of sp³-hybridized carbons (Fsp3) is 0.0682. The Bertz CT molecular complexity index is 2260. The summed E-state index contributed by atoms with van der Waals surface area (Å²) in [6.45, 7) is 8.92. The summed E-state index contributed by atoms with van der Waals surface area (Å²) in [5.41, 5.74) is 17.5. The minimum atomic E-state index is -0.350. The van der Waals surface area contributed by atoms with Crippen LogP contribution in [0.15, 0.2) is 169 Å². The van der Waals surface area contributed by atoms with Crippen molar-refractivity contribution >= 4 is 45.7 Å². The van der Waals surface area contributed by atoms with Crippen LogP contribution in [0.2, 0.25) is 0 Å². The predicted octanol–water partition coefficient (Wildman–Crippen LogP) is 11.1. The van der Waals surface area contributed by atoms with Gasteiger partial charge in [0.05, 0.1) is 28.4 Å². The Morgan fingerprint density at radius 3 is 1.94 bits per heavy atom. The molecule has 0 saturated carbocycles. The fourth-order valence-corrected chi connectivity index (χ4v) is 6.91. The SMILES string of the molecule is C=C(/C=C(\N=C(N)N1c2ccccc2C(C)(C)c2cc3c(cc21)Oc1ccccc1N3c1ccccc1)c1ccccc1)c1ccccc1. The van der Waals surface area contributed by atoms with Crippen LogP contribution in [0.3, 0.4) is 0 Å². The summed E-state index contributed by atoms with van der Waals surface area (Å²) >= 11 is 0. The number of allylic oxidation sites excluding steroid dienone is 2. The molecule has 5 nitrogen and oxygen atoms in total. The first-order valence-electron chi connectivity index (χ1n) is 16.5. The molecule has 49 heavy (non-hydrogen) atoms. The number of guanidine groups is 1. The number of anilines is 5. The molecule has 5 heteroatoms. The van der Waals surface area contributed by atoms with E-state index in [0.29, 0.717) is 11.7 Å².